The van der Waals surface area contributed by atoms with Gasteiger partial charge in [0.1, 0.15) is 0 Å². The van der Waals surface area contributed by atoms with Crippen molar-refractivity contribution >= 4 is 23.1 Å². The van der Waals surface area contributed by atoms with Crippen molar-refractivity contribution in [1.82, 2.24) is 4.90 Å². The van der Waals surface area contributed by atoms with Crippen molar-refractivity contribution in [3.05, 3.63) is 0 Å². The standard InChI is InChI=1S/C16H30N2OS/c1-16(2,3)18(12-11-14(17)20)15(19)10-9-13-7-5-4-6-8-13/h13H,4-12H2,1-3H3,(H2,17,20). The van der Waals surface area contributed by atoms with Gasteiger partial charge in [0.05, 0.1) is 4.99 Å². The Bertz CT molecular complexity index is 330. The van der Waals surface area contributed by atoms with E-state index in [1.807, 2.05) is 4.90 Å². The van der Waals surface area contributed by atoms with Gasteiger partial charge in [-0.15, -0.1) is 0 Å². The van der Waals surface area contributed by atoms with E-state index in [9.17, 15) is 4.79 Å². The van der Waals surface area contributed by atoms with Crippen LogP contribution in [0.2, 0.25) is 0 Å². The Balaban J connectivity index is 2.47. The Labute approximate surface area is 129 Å². The monoisotopic (exact) mass is 298 g/mol. The third-order valence-corrected chi connectivity index (χ3v) is 4.39. The van der Waals surface area contributed by atoms with Crippen molar-refractivity contribution in [2.24, 2.45) is 11.7 Å². The smallest absolute Gasteiger partial charge is 0.223 e. The molecule has 20 heavy (non-hydrogen) atoms. The average Bonchev–Trinajstić information content (AvgIpc) is 2.35. The van der Waals surface area contributed by atoms with E-state index in [2.05, 4.69) is 20.8 Å². The molecule has 0 bridgehead atoms. The molecule has 2 N–H and O–H groups in total. The number of thiocarbonyl (C=S) groups is 1. The minimum Gasteiger partial charge on any atom is -0.393 e. The van der Waals surface area contributed by atoms with Gasteiger partial charge in [-0.05, 0) is 33.1 Å². The summed E-state index contributed by atoms with van der Waals surface area (Å²) in [7, 11) is 0. The summed E-state index contributed by atoms with van der Waals surface area (Å²) in [5, 5.41) is 0. The Hall–Kier alpha value is -0.640. The minimum atomic E-state index is -0.158. The van der Waals surface area contributed by atoms with Crippen molar-refractivity contribution in [2.45, 2.75) is 77.7 Å². The number of carbonyl (C=O) groups excluding carboxylic acids is 1. The first-order valence-corrected chi connectivity index (χ1v) is 8.30. The first-order chi connectivity index (χ1) is 9.30. The molecule has 0 saturated heterocycles. The summed E-state index contributed by atoms with van der Waals surface area (Å²) < 4.78 is 0. The topological polar surface area (TPSA) is 46.3 Å². The average molecular weight is 298 g/mol. The molecule has 0 aromatic rings. The molecule has 0 aromatic carbocycles. The van der Waals surface area contributed by atoms with Crippen LogP contribution >= 0.6 is 12.2 Å². The maximum absolute atomic E-state index is 12.5. The van der Waals surface area contributed by atoms with Gasteiger partial charge in [-0.25, -0.2) is 0 Å². The zero-order valence-electron chi connectivity index (χ0n) is 13.3. The normalized spacial score (nSPS) is 16.9. The van der Waals surface area contributed by atoms with Gasteiger partial charge in [0, 0.05) is 24.9 Å². The maximum Gasteiger partial charge on any atom is 0.223 e. The molecule has 1 rings (SSSR count). The molecule has 1 saturated carbocycles. The summed E-state index contributed by atoms with van der Waals surface area (Å²) in [5.41, 5.74) is 5.41. The van der Waals surface area contributed by atoms with Crippen LogP contribution in [0.5, 0.6) is 0 Å². The van der Waals surface area contributed by atoms with E-state index in [-0.39, 0.29) is 11.4 Å². The minimum absolute atomic E-state index is 0.158. The highest BCUT2D eigenvalue weighted by Crippen LogP contribution is 2.28. The Morgan fingerprint density at radius 2 is 1.80 bits per heavy atom. The first kappa shape index (κ1) is 17.4. The summed E-state index contributed by atoms with van der Waals surface area (Å²) >= 11 is 4.93. The summed E-state index contributed by atoms with van der Waals surface area (Å²) in [6.07, 6.45) is 8.96. The van der Waals surface area contributed by atoms with Crippen molar-refractivity contribution in [3.63, 3.8) is 0 Å². The van der Waals surface area contributed by atoms with Gasteiger partial charge in [0.25, 0.3) is 0 Å². The number of nitrogens with zero attached hydrogens (tertiary/aromatic N) is 1. The fourth-order valence-electron chi connectivity index (χ4n) is 2.99. The third-order valence-electron chi connectivity index (χ3n) is 4.18. The SMILES string of the molecule is CC(C)(C)N(CCC(N)=S)C(=O)CCC1CCCCC1. The molecule has 116 valence electrons. The van der Waals surface area contributed by atoms with E-state index in [1.165, 1.54) is 32.1 Å². The van der Waals surface area contributed by atoms with Crippen LogP contribution in [0, 0.1) is 5.92 Å². The van der Waals surface area contributed by atoms with Crippen molar-refractivity contribution in [3.8, 4) is 0 Å². The Kier molecular flexibility index (Phi) is 6.93. The van der Waals surface area contributed by atoms with Crippen LogP contribution < -0.4 is 5.73 Å². The molecular formula is C16H30N2OS. The molecular weight excluding hydrogens is 268 g/mol. The van der Waals surface area contributed by atoms with Gasteiger partial charge >= 0.3 is 0 Å². The highest BCUT2D eigenvalue weighted by atomic mass is 32.1. The van der Waals surface area contributed by atoms with Crippen LogP contribution in [0.3, 0.4) is 0 Å². The second-order valence-electron chi connectivity index (χ2n) is 6.98. The van der Waals surface area contributed by atoms with E-state index in [1.54, 1.807) is 0 Å². The van der Waals surface area contributed by atoms with Gasteiger partial charge in [-0.1, -0.05) is 44.3 Å². The first-order valence-electron chi connectivity index (χ1n) is 7.89. The largest absolute Gasteiger partial charge is 0.393 e. The van der Waals surface area contributed by atoms with Crippen molar-refractivity contribution in [1.29, 1.82) is 0 Å². The Morgan fingerprint density at radius 1 is 1.20 bits per heavy atom. The molecule has 3 nitrogen and oxygen atoms in total. The molecule has 1 fully saturated rings. The zero-order valence-corrected chi connectivity index (χ0v) is 14.1. The molecule has 0 aromatic heterocycles. The van der Waals surface area contributed by atoms with Crippen LogP contribution in [-0.2, 0) is 4.79 Å². The second kappa shape index (κ2) is 7.96. The van der Waals surface area contributed by atoms with Gasteiger partial charge in [-0.2, -0.15) is 0 Å². The predicted molar refractivity (Wildman–Crippen MR) is 88.7 cm³/mol. The van der Waals surface area contributed by atoms with Crippen LogP contribution in [0.15, 0.2) is 0 Å². The molecule has 1 amide bonds. The number of nitrogens with two attached hydrogens (primary N) is 1. The summed E-state index contributed by atoms with van der Waals surface area (Å²) in [6.45, 7) is 6.86. The van der Waals surface area contributed by atoms with Crippen LogP contribution in [-0.4, -0.2) is 27.9 Å². The van der Waals surface area contributed by atoms with E-state index in [4.69, 9.17) is 18.0 Å². The van der Waals surface area contributed by atoms with Crippen molar-refractivity contribution in [2.75, 3.05) is 6.54 Å². The number of carbonyl (C=O) groups is 1. The molecule has 0 unspecified atom stereocenters. The van der Waals surface area contributed by atoms with Gasteiger partial charge in [-0.3, -0.25) is 4.79 Å². The lowest BCUT2D eigenvalue weighted by Gasteiger charge is -2.36. The predicted octanol–water partition coefficient (Wildman–Crippen LogP) is 3.65. The molecule has 0 heterocycles. The summed E-state index contributed by atoms with van der Waals surface area (Å²) in [4.78, 5) is 14.9. The summed E-state index contributed by atoms with van der Waals surface area (Å²) in [6, 6.07) is 0. The number of hydrogen-bond donors (Lipinski definition) is 1. The third kappa shape index (κ3) is 6.21. The lowest BCUT2D eigenvalue weighted by Crippen LogP contribution is -2.46. The highest BCUT2D eigenvalue weighted by Gasteiger charge is 2.26. The van der Waals surface area contributed by atoms with Crippen molar-refractivity contribution < 1.29 is 4.79 Å². The van der Waals surface area contributed by atoms with Gasteiger partial charge in [0.15, 0.2) is 0 Å². The highest BCUT2D eigenvalue weighted by molar-refractivity contribution is 7.80. The lowest BCUT2D eigenvalue weighted by molar-refractivity contribution is -0.136. The van der Waals surface area contributed by atoms with Crippen LogP contribution in [0.1, 0.15) is 72.1 Å². The van der Waals surface area contributed by atoms with E-state index in [0.717, 1.165) is 12.3 Å². The van der Waals surface area contributed by atoms with Crippen LogP contribution in [0.25, 0.3) is 0 Å². The number of amides is 1. The molecule has 0 aliphatic heterocycles. The molecule has 1 aliphatic carbocycles. The van der Waals surface area contributed by atoms with E-state index >= 15 is 0 Å². The molecule has 0 atom stereocenters. The Morgan fingerprint density at radius 3 is 2.30 bits per heavy atom. The van der Waals surface area contributed by atoms with Crippen LogP contribution in [0.4, 0.5) is 0 Å². The molecule has 1 aliphatic rings. The number of hydrogen-bond acceptors (Lipinski definition) is 2. The summed E-state index contributed by atoms with van der Waals surface area (Å²) in [5.74, 6) is 1.00. The quantitative estimate of drug-likeness (QED) is 0.761. The number of rotatable bonds is 6. The van der Waals surface area contributed by atoms with Gasteiger partial charge < -0.3 is 10.6 Å². The fourth-order valence-corrected chi connectivity index (χ4v) is 3.09. The van der Waals surface area contributed by atoms with E-state index in [0.29, 0.717) is 24.4 Å². The molecule has 0 spiro atoms. The van der Waals surface area contributed by atoms with Gasteiger partial charge in [0.2, 0.25) is 5.91 Å². The maximum atomic E-state index is 12.5. The van der Waals surface area contributed by atoms with E-state index < -0.39 is 0 Å². The second-order valence-corrected chi connectivity index (χ2v) is 7.50. The zero-order chi connectivity index (χ0) is 15.2. The molecule has 0 radical (unpaired) electrons. The lowest BCUT2D eigenvalue weighted by atomic mass is 9.86. The fraction of sp³-hybridized carbons (Fsp3) is 0.875. The molecule has 4 heteroatoms.